The molecule has 2 aliphatic rings. The largest absolute Gasteiger partial charge is 0.493 e. The number of thioether (sulfide) groups is 1. The lowest BCUT2D eigenvalue weighted by molar-refractivity contribution is -0.116. The summed E-state index contributed by atoms with van der Waals surface area (Å²) in [6, 6.07) is 21.0. The Kier molecular flexibility index (Phi) is 6.66. The molecule has 1 atom stereocenters. The Balaban J connectivity index is 1.58. The molecule has 0 unspecified atom stereocenters. The van der Waals surface area contributed by atoms with Crippen molar-refractivity contribution in [3.8, 4) is 11.5 Å². The van der Waals surface area contributed by atoms with Crippen LogP contribution in [0.25, 0.3) is 5.70 Å². The fourth-order valence-corrected chi connectivity index (χ4v) is 4.86. The molecule has 1 N–H and O–H groups in total. The number of rotatable bonds is 6. The lowest BCUT2D eigenvalue weighted by Crippen LogP contribution is -2.50. The van der Waals surface area contributed by atoms with Gasteiger partial charge in [0.1, 0.15) is 12.3 Å². The van der Waals surface area contributed by atoms with E-state index in [4.69, 9.17) is 31.2 Å². The SMILES string of the molecule is CCSC1=NN2C(=c3ccccc3=N[C@H]2c2cc(Cl)c(OCc3ccccc3)c(OC)c2)C(=O)N1. The molecule has 3 aromatic rings. The highest BCUT2D eigenvalue weighted by Gasteiger charge is 2.35. The van der Waals surface area contributed by atoms with Crippen molar-refractivity contribution >= 4 is 40.1 Å². The number of halogens is 1. The van der Waals surface area contributed by atoms with Gasteiger partial charge in [-0.1, -0.05) is 78.8 Å². The zero-order chi connectivity index (χ0) is 24.4. The van der Waals surface area contributed by atoms with Gasteiger partial charge >= 0.3 is 0 Å². The van der Waals surface area contributed by atoms with E-state index < -0.39 is 6.17 Å². The molecular formula is C26H23ClN4O3S. The first-order valence-corrected chi connectivity index (χ1v) is 12.5. The van der Waals surface area contributed by atoms with E-state index in [-0.39, 0.29) is 5.91 Å². The Morgan fingerprint density at radius 3 is 2.66 bits per heavy atom. The van der Waals surface area contributed by atoms with Crippen molar-refractivity contribution in [3.05, 3.63) is 93.5 Å². The molecule has 1 amide bonds. The summed E-state index contributed by atoms with van der Waals surface area (Å²) in [5.74, 6) is 1.48. The molecule has 2 aliphatic heterocycles. The van der Waals surface area contributed by atoms with Gasteiger partial charge in [-0.3, -0.25) is 15.1 Å². The van der Waals surface area contributed by atoms with Crippen LogP contribution in [0.1, 0.15) is 24.2 Å². The number of carbonyl (C=O) groups is 1. The fourth-order valence-electron chi connectivity index (χ4n) is 4.00. The number of amides is 1. The smallest absolute Gasteiger partial charge is 0.276 e. The van der Waals surface area contributed by atoms with Crippen LogP contribution in [0.4, 0.5) is 0 Å². The molecule has 35 heavy (non-hydrogen) atoms. The first kappa shape index (κ1) is 23.3. The van der Waals surface area contributed by atoms with Gasteiger partial charge < -0.3 is 9.47 Å². The quantitative estimate of drug-likeness (QED) is 0.550. The maximum Gasteiger partial charge on any atom is 0.276 e. The van der Waals surface area contributed by atoms with Crippen LogP contribution >= 0.6 is 23.4 Å². The van der Waals surface area contributed by atoms with Gasteiger partial charge in [-0.05, 0) is 29.5 Å². The van der Waals surface area contributed by atoms with Crippen LogP contribution in [0, 0.1) is 0 Å². The van der Waals surface area contributed by atoms with Crippen LogP contribution in [-0.4, -0.2) is 28.9 Å². The number of benzene rings is 3. The Bertz CT molecular complexity index is 1430. The topological polar surface area (TPSA) is 75.5 Å². The maximum atomic E-state index is 13.1. The normalized spacial score (nSPS) is 16.5. The molecule has 0 aromatic heterocycles. The highest BCUT2D eigenvalue weighted by atomic mass is 35.5. The number of hydrogen-bond donors (Lipinski definition) is 1. The zero-order valence-corrected chi connectivity index (χ0v) is 20.8. The molecule has 0 bridgehead atoms. The van der Waals surface area contributed by atoms with E-state index in [2.05, 4.69) is 5.32 Å². The Morgan fingerprint density at radius 2 is 1.89 bits per heavy atom. The number of para-hydroxylation sites is 1. The lowest BCUT2D eigenvalue weighted by Gasteiger charge is -2.34. The molecule has 5 rings (SSSR count). The van der Waals surface area contributed by atoms with Crippen molar-refractivity contribution in [1.29, 1.82) is 0 Å². The van der Waals surface area contributed by atoms with E-state index in [1.807, 2.05) is 67.6 Å². The van der Waals surface area contributed by atoms with Crippen LogP contribution < -0.4 is 25.4 Å². The predicted octanol–water partition coefficient (Wildman–Crippen LogP) is 3.82. The first-order valence-electron chi connectivity index (χ1n) is 11.1. The third-order valence-electron chi connectivity index (χ3n) is 5.57. The van der Waals surface area contributed by atoms with Gasteiger partial charge in [0, 0.05) is 10.8 Å². The Morgan fingerprint density at radius 1 is 1.11 bits per heavy atom. The standard InChI is InChI=1S/C26H23ClN4O3S/c1-3-35-26-29-25(32)22-18-11-7-8-12-20(18)28-24(31(22)30-26)17-13-19(27)23(21(14-17)33-2)34-15-16-9-5-4-6-10-16/h4-14,24H,3,15H2,1-2H3,(H,29,30,32)/t24-/m1/s1. The molecule has 7 nitrogen and oxygen atoms in total. The van der Waals surface area contributed by atoms with E-state index in [0.29, 0.717) is 39.4 Å². The van der Waals surface area contributed by atoms with E-state index in [9.17, 15) is 4.79 Å². The number of nitrogens with zero attached hydrogens (tertiary/aromatic N) is 3. The van der Waals surface area contributed by atoms with Crippen molar-refractivity contribution in [1.82, 2.24) is 10.3 Å². The van der Waals surface area contributed by atoms with Gasteiger partial charge in [-0.15, -0.1) is 5.10 Å². The minimum atomic E-state index is -0.604. The maximum absolute atomic E-state index is 13.1. The summed E-state index contributed by atoms with van der Waals surface area (Å²) >= 11 is 8.15. The van der Waals surface area contributed by atoms with Crippen LogP contribution in [0.15, 0.2) is 76.8 Å². The van der Waals surface area contributed by atoms with Crippen molar-refractivity contribution in [2.45, 2.75) is 19.7 Å². The number of fused-ring (bicyclic) bond motifs is 2. The van der Waals surface area contributed by atoms with Gasteiger partial charge in [-0.2, -0.15) is 0 Å². The van der Waals surface area contributed by atoms with Crippen LogP contribution in [0.2, 0.25) is 5.02 Å². The molecule has 0 spiro atoms. The van der Waals surface area contributed by atoms with Crippen LogP contribution in [0.5, 0.6) is 11.5 Å². The molecule has 178 valence electrons. The third-order valence-corrected chi connectivity index (χ3v) is 6.60. The lowest BCUT2D eigenvalue weighted by atomic mass is 10.1. The summed E-state index contributed by atoms with van der Waals surface area (Å²) in [6.07, 6.45) is -0.604. The second kappa shape index (κ2) is 10.0. The average Bonchev–Trinajstić information content (AvgIpc) is 2.87. The number of nitrogens with one attached hydrogen (secondary N) is 1. The second-order valence-electron chi connectivity index (χ2n) is 7.81. The average molecular weight is 507 g/mol. The monoisotopic (exact) mass is 506 g/mol. The van der Waals surface area contributed by atoms with E-state index in [0.717, 1.165) is 22.1 Å². The predicted molar refractivity (Wildman–Crippen MR) is 138 cm³/mol. The summed E-state index contributed by atoms with van der Waals surface area (Å²) in [5.41, 5.74) is 2.19. The molecular weight excluding hydrogens is 484 g/mol. The molecule has 0 saturated carbocycles. The van der Waals surface area contributed by atoms with Crippen molar-refractivity contribution < 1.29 is 14.3 Å². The number of ether oxygens (including phenoxy) is 2. The minimum Gasteiger partial charge on any atom is -0.493 e. The van der Waals surface area contributed by atoms with Crippen LogP contribution in [0.3, 0.4) is 0 Å². The summed E-state index contributed by atoms with van der Waals surface area (Å²) in [4.78, 5) is 18.0. The van der Waals surface area contributed by atoms with Crippen molar-refractivity contribution in [2.24, 2.45) is 10.1 Å². The highest BCUT2D eigenvalue weighted by molar-refractivity contribution is 8.13. The molecule has 0 aliphatic carbocycles. The second-order valence-corrected chi connectivity index (χ2v) is 9.47. The van der Waals surface area contributed by atoms with E-state index >= 15 is 0 Å². The fraction of sp³-hybridized carbons (Fsp3) is 0.192. The molecule has 9 heteroatoms. The summed E-state index contributed by atoms with van der Waals surface area (Å²) in [7, 11) is 1.57. The third kappa shape index (κ3) is 4.59. The Hall–Kier alpha value is -3.49. The van der Waals surface area contributed by atoms with Crippen LogP contribution in [-0.2, 0) is 11.4 Å². The minimum absolute atomic E-state index is 0.218. The first-order chi connectivity index (χ1) is 17.1. The number of methoxy groups -OCH3 is 1. The molecule has 0 saturated heterocycles. The summed E-state index contributed by atoms with van der Waals surface area (Å²) < 4.78 is 11.7. The number of hydrogen-bond acceptors (Lipinski definition) is 7. The van der Waals surface area contributed by atoms with Gasteiger partial charge in [0.2, 0.25) is 0 Å². The van der Waals surface area contributed by atoms with Gasteiger partial charge in [0.25, 0.3) is 5.91 Å². The van der Waals surface area contributed by atoms with Gasteiger partial charge in [0.05, 0.1) is 17.5 Å². The van der Waals surface area contributed by atoms with E-state index in [1.165, 1.54) is 11.8 Å². The molecule has 0 radical (unpaired) electrons. The molecule has 2 heterocycles. The van der Waals surface area contributed by atoms with Crippen molar-refractivity contribution in [2.75, 3.05) is 12.9 Å². The van der Waals surface area contributed by atoms with Gasteiger partial charge in [-0.25, -0.2) is 5.01 Å². The summed E-state index contributed by atoms with van der Waals surface area (Å²) in [6.45, 7) is 2.36. The highest BCUT2D eigenvalue weighted by Crippen LogP contribution is 2.41. The zero-order valence-electron chi connectivity index (χ0n) is 19.2. The summed E-state index contributed by atoms with van der Waals surface area (Å²) in [5, 5.41) is 11.6. The number of hydrazone groups is 1. The number of carbonyl (C=O) groups excluding carboxylic acids is 1. The van der Waals surface area contributed by atoms with Crippen molar-refractivity contribution in [3.63, 3.8) is 0 Å². The Labute approximate surface area is 212 Å². The molecule has 0 fully saturated rings. The van der Waals surface area contributed by atoms with E-state index in [1.54, 1.807) is 18.2 Å². The molecule has 3 aromatic carbocycles. The number of amidine groups is 1. The van der Waals surface area contributed by atoms with Gasteiger partial charge in [0.15, 0.2) is 22.8 Å².